The van der Waals surface area contributed by atoms with Crippen LogP contribution in [-0.4, -0.2) is 45.5 Å². The van der Waals surface area contributed by atoms with Gasteiger partial charge in [0.25, 0.3) is 11.8 Å². The van der Waals surface area contributed by atoms with Crippen LogP contribution < -0.4 is 34.4 Å². The van der Waals surface area contributed by atoms with Gasteiger partial charge in [-0.1, -0.05) is 41.9 Å². The molecular formula is C33H32ClN3O7. The summed E-state index contributed by atoms with van der Waals surface area (Å²) in [4.78, 5) is 25.2. The number of amides is 2. The van der Waals surface area contributed by atoms with Gasteiger partial charge in [0.2, 0.25) is 0 Å². The van der Waals surface area contributed by atoms with Crippen molar-refractivity contribution in [2.75, 3.05) is 32.8 Å². The van der Waals surface area contributed by atoms with Crippen LogP contribution in [0.3, 0.4) is 0 Å². The summed E-state index contributed by atoms with van der Waals surface area (Å²) in [6.45, 7) is 2.32. The van der Waals surface area contributed by atoms with E-state index in [9.17, 15) is 9.59 Å². The van der Waals surface area contributed by atoms with Crippen molar-refractivity contribution >= 4 is 35.3 Å². The molecule has 0 heterocycles. The average molecular weight is 618 g/mol. The molecule has 2 amide bonds. The summed E-state index contributed by atoms with van der Waals surface area (Å²) in [7, 11) is 3.01. The summed E-state index contributed by atoms with van der Waals surface area (Å²) in [5, 5.41) is 6.97. The van der Waals surface area contributed by atoms with Crippen LogP contribution in [0, 0.1) is 0 Å². The van der Waals surface area contributed by atoms with Crippen LogP contribution in [0.2, 0.25) is 5.02 Å². The highest BCUT2D eigenvalue weighted by Gasteiger charge is 2.15. The van der Waals surface area contributed by atoms with Gasteiger partial charge >= 0.3 is 0 Å². The summed E-state index contributed by atoms with van der Waals surface area (Å²) in [6.07, 6.45) is 1.41. The Bertz CT molecular complexity index is 1600. The molecule has 0 fully saturated rings. The molecule has 0 unspecified atom stereocenters. The van der Waals surface area contributed by atoms with Crippen LogP contribution in [0.15, 0.2) is 90.0 Å². The van der Waals surface area contributed by atoms with Gasteiger partial charge in [0, 0.05) is 11.3 Å². The first kappa shape index (κ1) is 31.7. The minimum atomic E-state index is -0.447. The van der Waals surface area contributed by atoms with Crippen molar-refractivity contribution in [2.45, 2.75) is 13.5 Å². The van der Waals surface area contributed by atoms with E-state index in [4.69, 9.17) is 35.3 Å². The van der Waals surface area contributed by atoms with E-state index in [2.05, 4.69) is 15.8 Å². The highest BCUT2D eigenvalue weighted by Crippen LogP contribution is 2.36. The lowest BCUT2D eigenvalue weighted by Crippen LogP contribution is -2.20. The van der Waals surface area contributed by atoms with Crippen molar-refractivity contribution in [2.24, 2.45) is 5.10 Å². The number of methoxy groups -OCH3 is 2. The second-order valence-electron chi connectivity index (χ2n) is 9.17. The van der Waals surface area contributed by atoms with E-state index >= 15 is 0 Å². The van der Waals surface area contributed by atoms with Gasteiger partial charge in [0.1, 0.15) is 12.4 Å². The average Bonchev–Trinajstić information content (AvgIpc) is 3.04. The molecule has 0 atom stereocenters. The van der Waals surface area contributed by atoms with Crippen molar-refractivity contribution in [1.82, 2.24) is 5.43 Å². The third-order valence-corrected chi connectivity index (χ3v) is 6.38. The number of nitrogens with one attached hydrogen (secondary N) is 2. The number of benzene rings is 4. The van der Waals surface area contributed by atoms with Crippen LogP contribution in [0.25, 0.3) is 0 Å². The molecule has 0 aliphatic carbocycles. The van der Waals surface area contributed by atoms with E-state index in [1.165, 1.54) is 13.3 Å². The monoisotopic (exact) mass is 617 g/mol. The Labute approximate surface area is 260 Å². The maximum absolute atomic E-state index is 12.8. The van der Waals surface area contributed by atoms with Crippen LogP contribution in [0.4, 0.5) is 5.69 Å². The lowest BCUT2D eigenvalue weighted by molar-refractivity contribution is -0.118. The summed E-state index contributed by atoms with van der Waals surface area (Å²) < 4.78 is 27.8. The zero-order valence-electron chi connectivity index (χ0n) is 24.5. The molecule has 44 heavy (non-hydrogen) atoms. The zero-order valence-corrected chi connectivity index (χ0v) is 25.2. The first-order valence-corrected chi connectivity index (χ1v) is 14.0. The third kappa shape index (κ3) is 8.89. The Hall–Kier alpha value is -5.22. The van der Waals surface area contributed by atoms with E-state index < -0.39 is 5.91 Å². The standard InChI is InChI=1S/C33H32ClN3O7/c1-4-42-29-18-24(10-15-28(29)43-20-22-8-6-5-7-9-22)33(39)37-35-19-23-16-27(34)32(30(17-23)41-3)44-21-31(38)36-25-11-13-26(40-2)14-12-25/h5-19H,4,20-21H2,1-3H3,(H,36,38)(H,37,39)/b35-19+. The predicted molar refractivity (Wildman–Crippen MR) is 169 cm³/mol. The van der Waals surface area contributed by atoms with Gasteiger partial charge in [-0.2, -0.15) is 5.10 Å². The molecule has 0 spiro atoms. The molecule has 10 nitrogen and oxygen atoms in total. The number of halogens is 1. The fourth-order valence-electron chi connectivity index (χ4n) is 3.97. The lowest BCUT2D eigenvalue weighted by atomic mass is 10.2. The van der Waals surface area contributed by atoms with E-state index in [0.29, 0.717) is 47.3 Å². The van der Waals surface area contributed by atoms with Crippen LogP contribution in [0.1, 0.15) is 28.4 Å². The van der Waals surface area contributed by atoms with Crippen molar-refractivity contribution in [3.8, 4) is 28.7 Å². The lowest BCUT2D eigenvalue weighted by Gasteiger charge is -2.13. The Balaban J connectivity index is 1.35. The highest BCUT2D eigenvalue weighted by atomic mass is 35.5. The molecule has 4 rings (SSSR count). The number of nitrogens with zero attached hydrogens (tertiary/aromatic N) is 1. The van der Waals surface area contributed by atoms with Gasteiger partial charge < -0.3 is 29.0 Å². The van der Waals surface area contributed by atoms with Crippen molar-refractivity contribution in [1.29, 1.82) is 0 Å². The number of ether oxygens (including phenoxy) is 5. The van der Waals surface area contributed by atoms with E-state index in [1.807, 2.05) is 37.3 Å². The molecule has 0 aliphatic rings. The molecule has 0 aliphatic heterocycles. The Kier molecular flexibility index (Phi) is 11.4. The van der Waals surface area contributed by atoms with Crippen LogP contribution >= 0.6 is 11.6 Å². The predicted octanol–water partition coefficient (Wildman–Crippen LogP) is 6.12. The number of anilines is 1. The summed E-state index contributed by atoms with van der Waals surface area (Å²) in [5.41, 5.74) is 4.96. The number of hydrogen-bond donors (Lipinski definition) is 2. The molecule has 11 heteroatoms. The number of carbonyl (C=O) groups is 2. The smallest absolute Gasteiger partial charge is 0.271 e. The maximum Gasteiger partial charge on any atom is 0.271 e. The van der Waals surface area contributed by atoms with E-state index in [1.54, 1.807) is 61.7 Å². The molecule has 2 N–H and O–H groups in total. The van der Waals surface area contributed by atoms with E-state index in [-0.39, 0.29) is 29.0 Å². The largest absolute Gasteiger partial charge is 0.497 e. The number of rotatable bonds is 14. The van der Waals surface area contributed by atoms with Crippen LogP contribution in [-0.2, 0) is 11.4 Å². The molecule has 0 bridgehead atoms. The first-order valence-electron chi connectivity index (χ1n) is 13.6. The number of hydrazone groups is 1. The number of carbonyl (C=O) groups excluding carboxylic acids is 2. The zero-order chi connectivity index (χ0) is 31.3. The second-order valence-corrected chi connectivity index (χ2v) is 9.57. The Morgan fingerprint density at radius 3 is 2.32 bits per heavy atom. The fourth-order valence-corrected chi connectivity index (χ4v) is 4.24. The molecule has 0 aromatic heterocycles. The van der Waals surface area contributed by atoms with E-state index in [0.717, 1.165) is 5.56 Å². The normalized spacial score (nSPS) is 10.6. The molecule has 0 radical (unpaired) electrons. The van der Waals surface area contributed by atoms with Gasteiger partial charge in [-0.05, 0) is 72.6 Å². The minimum Gasteiger partial charge on any atom is -0.497 e. The molecule has 0 saturated heterocycles. The molecule has 4 aromatic carbocycles. The second kappa shape index (κ2) is 15.9. The molecular weight excluding hydrogens is 586 g/mol. The SMILES string of the molecule is CCOc1cc(C(=O)N/N=C/c2cc(Cl)c(OCC(=O)Nc3ccc(OC)cc3)c(OC)c2)ccc1OCc1ccccc1. The molecule has 4 aromatic rings. The van der Waals surface area contributed by atoms with Gasteiger partial charge in [-0.15, -0.1) is 0 Å². The van der Waals surface area contributed by atoms with Crippen molar-refractivity contribution in [3.05, 3.63) is 107 Å². The minimum absolute atomic E-state index is 0.193. The summed E-state index contributed by atoms with van der Waals surface area (Å²) in [5.74, 6) is 1.30. The van der Waals surface area contributed by atoms with Crippen molar-refractivity contribution in [3.63, 3.8) is 0 Å². The Morgan fingerprint density at radius 2 is 1.61 bits per heavy atom. The quantitative estimate of drug-likeness (QED) is 0.129. The van der Waals surface area contributed by atoms with Gasteiger partial charge in [-0.25, -0.2) is 5.43 Å². The molecule has 228 valence electrons. The maximum atomic E-state index is 12.8. The Morgan fingerprint density at radius 1 is 0.841 bits per heavy atom. The van der Waals surface area contributed by atoms with Crippen LogP contribution in [0.5, 0.6) is 28.7 Å². The third-order valence-electron chi connectivity index (χ3n) is 6.10. The highest BCUT2D eigenvalue weighted by molar-refractivity contribution is 6.32. The van der Waals surface area contributed by atoms with Gasteiger partial charge in [-0.3, -0.25) is 9.59 Å². The summed E-state index contributed by atoms with van der Waals surface area (Å²) >= 11 is 6.43. The summed E-state index contributed by atoms with van der Waals surface area (Å²) in [6, 6.07) is 24.7. The van der Waals surface area contributed by atoms with Gasteiger partial charge in [0.15, 0.2) is 29.6 Å². The van der Waals surface area contributed by atoms with Crippen molar-refractivity contribution < 1.29 is 33.3 Å². The fraction of sp³-hybridized carbons (Fsp3) is 0.182. The first-order chi connectivity index (χ1) is 21.4. The topological polar surface area (TPSA) is 117 Å². The van der Waals surface area contributed by atoms with Gasteiger partial charge in [0.05, 0.1) is 32.1 Å². The number of hydrogen-bond acceptors (Lipinski definition) is 8. The molecule has 0 saturated carbocycles.